The molecule has 0 saturated carbocycles. The van der Waals surface area contributed by atoms with Gasteiger partial charge in [0.1, 0.15) is 11.8 Å². The van der Waals surface area contributed by atoms with Crippen molar-refractivity contribution in [3.05, 3.63) is 41.4 Å². The van der Waals surface area contributed by atoms with Crippen LogP contribution in [0, 0.1) is 18.3 Å². The standard InChI is InChI=1S/C17H22N4O2/c1-13-5-7-14(8-6-13)22-12-16-20-15(11-18)17(23-16)19-9-4-10-21(2)3/h5-8,19H,4,9-10,12H2,1-3H3/p+1. The first-order valence-electron chi connectivity index (χ1n) is 7.70. The van der Waals surface area contributed by atoms with Crippen molar-refractivity contribution in [1.82, 2.24) is 4.98 Å². The lowest BCUT2D eigenvalue weighted by Gasteiger charge is -2.07. The largest absolute Gasteiger partial charge is 0.484 e. The predicted molar refractivity (Wildman–Crippen MR) is 87.5 cm³/mol. The maximum absolute atomic E-state index is 9.13. The van der Waals surface area contributed by atoms with Crippen LogP contribution in [0.15, 0.2) is 28.7 Å². The maximum Gasteiger partial charge on any atom is 0.236 e. The first-order chi connectivity index (χ1) is 11.1. The molecule has 1 aromatic heterocycles. The van der Waals surface area contributed by atoms with Gasteiger partial charge in [-0.25, -0.2) is 0 Å². The Balaban J connectivity index is 1.90. The molecular weight excluding hydrogens is 292 g/mol. The number of aromatic nitrogens is 1. The maximum atomic E-state index is 9.13. The molecule has 1 aromatic carbocycles. The Kier molecular flexibility index (Phi) is 6.01. The Morgan fingerprint density at radius 2 is 2.04 bits per heavy atom. The second kappa shape index (κ2) is 8.20. The molecule has 122 valence electrons. The summed E-state index contributed by atoms with van der Waals surface area (Å²) in [6.07, 6.45) is 0.989. The molecule has 23 heavy (non-hydrogen) atoms. The number of rotatable bonds is 8. The molecule has 0 radical (unpaired) electrons. The average molecular weight is 315 g/mol. The number of hydrogen-bond donors (Lipinski definition) is 2. The van der Waals surface area contributed by atoms with Gasteiger partial charge in [0.25, 0.3) is 0 Å². The molecule has 0 bridgehead atoms. The lowest BCUT2D eigenvalue weighted by atomic mass is 10.2. The summed E-state index contributed by atoms with van der Waals surface area (Å²) in [6.45, 7) is 4.01. The summed E-state index contributed by atoms with van der Waals surface area (Å²) in [5.74, 6) is 1.56. The Labute approximate surface area is 136 Å². The fraction of sp³-hybridized carbons (Fsp3) is 0.412. The van der Waals surface area contributed by atoms with Crippen LogP contribution in [0.5, 0.6) is 5.75 Å². The Hall–Kier alpha value is -2.52. The van der Waals surface area contributed by atoms with Crippen molar-refractivity contribution < 1.29 is 14.1 Å². The molecular formula is C17H23N4O2+. The van der Waals surface area contributed by atoms with Crippen LogP contribution in [0.1, 0.15) is 23.6 Å². The zero-order valence-corrected chi connectivity index (χ0v) is 13.8. The van der Waals surface area contributed by atoms with Gasteiger partial charge in [-0.05, 0) is 19.1 Å². The summed E-state index contributed by atoms with van der Waals surface area (Å²) in [4.78, 5) is 5.54. The van der Waals surface area contributed by atoms with Gasteiger partial charge in [0.15, 0.2) is 6.61 Å². The van der Waals surface area contributed by atoms with Gasteiger partial charge in [-0.1, -0.05) is 17.7 Å². The number of oxazole rings is 1. The van der Waals surface area contributed by atoms with Crippen LogP contribution < -0.4 is 15.0 Å². The number of quaternary nitrogens is 1. The lowest BCUT2D eigenvalue weighted by Crippen LogP contribution is -3.05. The van der Waals surface area contributed by atoms with E-state index in [9.17, 15) is 0 Å². The third kappa shape index (κ3) is 5.31. The van der Waals surface area contributed by atoms with Crippen molar-refractivity contribution in [2.24, 2.45) is 0 Å². The summed E-state index contributed by atoms with van der Waals surface area (Å²) in [5, 5.41) is 12.3. The van der Waals surface area contributed by atoms with Crippen molar-refractivity contribution in [2.75, 3.05) is 32.5 Å². The van der Waals surface area contributed by atoms with Crippen molar-refractivity contribution in [1.29, 1.82) is 5.26 Å². The van der Waals surface area contributed by atoms with Crippen LogP contribution >= 0.6 is 0 Å². The van der Waals surface area contributed by atoms with E-state index < -0.39 is 0 Å². The molecule has 0 spiro atoms. The highest BCUT2D eigenvalue weighted by molar-refractivity contribution is 5.45. The molecule has 0 amide bonds. The summed E-state index contributed by atoms with van der Waals surface area (Å²) in [5.41, 5.74) is 1.44. The molecule has 2 N–H and O–H groups in total. The minimum Gasteiger partial charge on any atom is -0.484 e. The Morgan fingerprint density at radius 1 is 1.30 bits per heavy atom. The van der Waals surface area contributed by atoms with Gasteiger partial charge in [-0.2, -0.15) is 10.2 Å². The molecule has 2 aromatic rings. The van der Waals surface area contributed by atoms with Gasteiger partial charge in [0.2, 0.25) is 17.5 Å². The molecule has 0 atom stereocenters. The minimum absolute atomic E-state index is 0.196. The summed E-state index contributed by atoms with van der Waals surface area (Å²) < 4.78 is 11.2. The number of benzene rings is 1. The fourth-order valence-corrected chi connectivity index (χ4v) is 2.05. The normalized spacial score (nSPS) is 10.6. The van der Waals surface area contributed by atoms with Crippen LogP contribution in [-0.2, 0) is 6.61 Å². The quantitative estimate of drug-likeness (QED) is 0.720. The molecule has 0 fully saturated rings. The summed E-state index contributed by atoms with van der Waals surface area (Å²) in [6, 6.07) is 9.79. The van der Waals surface area contributed by atoms with Crippen molar-refractivity contribution in [3.8, 4) is 11.8 Å². The summed E-state index contributed by atoms with van der Waals surface area (Å²) in [7, 11) is 4.21. The van der Waals surface area contributed by atoms with Gasteiger partial charge in [0, 0.05) is 13.0 Å². The Bertz CT molecular complexity index is 656. The number of ether oxygens (including phenoxy) is 1. The molecule has 0 aliphatic rings. The van der Waals surface area contributed by atoms with Crippen molar-refractivity contribution >= 4 is 5.88 Å². The van der Waals surface area contributed by atoms with E-state index in [1.165, 1.54) is 10.5 Å². The molecule has 0 aliphatic heterocycles. The fourth-order valence-electron chi connectivity index (χ4n) is 2.05. The van der Waals surface area contributed by atoms with Crippen LogP contribution in [-0.4, -0.2) is 32.2 Å². The first kappa shape index (κ1) is 16.8. The van der Waals surface area contributed by atoms with Gasteiger partial charge < -0.3 is 19.4 Å². The number of nitriles is 1. The summed E-state index contributed by atoms with van der Waals surface area (Å²) >= 11 is 0. The SMILES string of the molecule is Cc1ccc(OCc2nc(C#N)c(NCCC[NH+](C)C)o2)cc1. The monoisotopic (exact) mass is 315 g/mol. The molecule has 2 rings (SSSR count). The third-order valence-corrected chi connectivity index (χ3v) is 3.30. The van der Waals surface area contributed by atoms with Crippen molar-refractivity contribution in [3.63, 3.8) is 0 Å². The number of anilines is 1. The zero-order valence-electron chi connectivity index (χ0n) is 13.8. The lowest BCUT2D eigenvalue weighted by molar-refractivity contribution is -0.858. The highest BCUT2D eigenvalue weighted by Crippen LogP contribution is 2.19. The van der Waals surface area contributed by atoms with Crippen LogP contribution in [0.3, 0.4) is 0 Å². The van der Waals surface area contributed by atoms with E-state index in [0.29, 0.717) is 11.8 Å². The predicted octanol–water partition coefficient (Wildman–Crippen LogP) is 1.38. The topological polar surface area (TPSA) is 75.5 Å². The van der Waals surface area contributed by atoms with Gasteiger partial charge >= 0.3 is 0 Å². The molecule has 0 aliphatic carbocycles. The van der Waals surface area contributed by atoms with Gasteiger partial charge in [0.05, 0.1) is 20.6 Å². The molecule has 6 nitrogen and oxygen atoms in total. The van der Waals surface area contributed by atoms with E-state index in [-0.39, 0.29) is 12.3 Å². The molecule has 0 unspecified atom stereocenters. The molecule has 0 saturated heterocycles. The molecule has 1 heterocycles. The van der Waals surface area contributed by atoms with Gasteiger partial charge in [-0.15, -0.1) is 0 Å². The smallest absolute Gasteiger partial charge is 0.236 e. The number of nitrogens with zero attached hydrogens (tertiary/aromatic N) is 2. The minimum atomic E-state index is 0.196. The van der Waals surface area contributed by atoms with E-state index in [0.717, 1.165) is 25.3 Å². The third-order valence-electron chi connectivity index (χ3n) is 3.30. The van der Waals surface area contributed by atoms with Crippen LogP contribution in [0.2, 0.25) is 0 Å². The van der Waals surface area contributed by atoms with Crippen LogP contribution in [0.4, 0.5) is 5.88 Å². The van der Waals surface area contributed by atoms with Crippen molar-refractivity contribution in [2.45, 2.75) is 20.0 Å². The van der Waals surface area contributed by atoms with E-state index >= 15 is 0 Å². The second-order valence-corrected chi connectivity index (χ2v) is 5.74. The van der Waals surface area contributed by atoms with E-state index in [1.807, 2.05) is 37.3 Å². The first-order valence-corrected chi connectivity index (χ1v) is 7.70. The zero-order chi connectivity index (χ0) is 16.7. The highest BCUT2D eigenvalue weighted by Gasteiger charge is 2.13. The number of hydrogen-bond acceptors (Lipinski definition) is 5. The van der Waals surface area contributed by atoms with E-state index in [4.69, 9.17) is 14.4 Å². The van der Waals surface area contributed by atoms with Gasteiger partial charge in [-0.3, -0.25) is 0 Å². The van der Waals surface area contributed by atoms with E-state index in [2.05, 4.69) is 24.4 Å². The van der Waals surface area contributed by atoms with Crippen LogP contribution in [0.25, 0.3) is 0 Å². The second-order valence-electron chi connectivity index (χ2n) is 5.74. The Morgan fingerprint density at radius 3 is 2.70 bits per heavy atom. The van der Waals surface area contributed by atoms with E-state index in [1.54, 1.807) is 0 Å². The highest BCUT2D eigenvalue weighted by atomic mass is 16.5. The number of aryl methyl sites for hydroxylation is 1. The average Bonchev–Trinajstić information content (AvgIpc) is 2.93. The molecule has 6 heteroatoms. The number of nitrogens with one attached hydrogen (secondary N) is 2.